The van der Waals surface area contributed by atoms with Crippen LogP contribution < -0.4 is 10.6 Å². The van der Waals surface area contributed by atoms with E-state index in [1.165, 1.54) is 0 Å². The van der Waals surface area contributed by atoms with Crippen molar-refractivity contribution in [1.29, 1.82) is 0 Å². The first-order valence-corrected chi connectivity index (χ1v) is 6.80. The summed E-state index contributed by atoms with van der Waals surface area (Å²) >= 11 is 0. The summed E-state index contributed by atoms with van der Waals surface area (Å²) in [6.45, 7) is 6.46. The van der Waals surface area contributed by atoms with Gasteiger partial charge >= 0.3 is 5.97 Å². The largest absolute Gasteiger partial charge is 0.462 e. The van der Waals surface area contributed by atoms with Crippen molar-refractivity contribution in [2.75, 3.05) is 24.3 Å². The number of nitrogen functional groups attached to an aromatic ring is 1. The van der Waals surface area contributed by atoms with E-state index in [2.05, 4.69) is 18.7 Å². The van der Waals surface area contributed by atoms with Crippen molar-refractivity contribution in [2.24, 2.45) is 0 Å². The SMILES string of the molecule is CCCC(C)N(C)c1ccc(N)cc1C(=O)OCC. The summed E-state index contributed by atoms with van der Waals surface area (Å²) < 4.78 is 5.09. The molecule has 0 aromatic heterocycles. The molecule has 0 aliphatic rings. The molecule has 0 saturated carbocycles. The first-order chi connectivity index (χ1) is 9.01. The molecular formula is C15H24N2O2. The van der Waals surface area contributed by atoms with Crippen LogP contribution in [-0.4, -0.2) is 25.7 Å². The van der Waals surface area contributed by atoms with Crippen molar-refractivity contribution in [2.45, 2.75) is 39.7 Å². The number of nitrogens with zero attached hydrogens (tertiary/aromatic N) is 1. The van der Waals surface area contributed by atoms with Gasteiger partial charge in [0.15, 0.2) is 0 Å². The van der Waals surface area contributed by atoms with Crippen LogP contribution in [0.4, 0.5) is 11.4 Å². The molecule has 0 radical (unpaired) electrons. The number of rotatable bonds is 6. The number of carbonyl (C=O) groups is 1. The number of carbonyl (C=O) groups excluding carboxylic acids is 1. The highest BCUT2D eigenvalue weighted by molar-refractivity contribution is 5.97. The normalized spacial score (nSPS) is 12.0. The third-order valence-electron chi connectivity index (χ3n) is 3.26. The molecule has 1 atom stereocenters. The predicted octanol–water partition coefficient (Wildman–Crippen LogP) is 3.07. The Morgan fingerprint density at radius 2 is 2.11 bits per heavy atom. The highest BCUT2D eigenvalue weighted by atomic mass is 16.5. The van der Waals surface area contributed by atoms with Crippen LogP contribution in [0.5, 0.6) is 0 Å². The summed E-state index contributed by atoms with van der Waals surface area (Å²) in [6, 6.07) is 5.74. The summed E-state index contributed by atoms with van der Waals surface area (Å²) in [5.41, 5.74) is 7.75. The van der Waals surface area contributed by atoms with Crippen molar-refractivity contribution in [3.63, 3.8) is 0 Å². The highest BCUT2D eigenvalue weighted by Gasteiger charge is 2.18. The van der Waals surface area contributed by atoms with E-state index in [0.29, 0.717) is 23.9 Å². The molecule has 1 unspecified atom stereocenters. The van der Waals surface area contributed by atoms with Gasteiger partial charge in [-0.3, -0.25) is 0 Å². The van der Waals surface area contributed by atoms with Crippen LogP contribution in [0.3, 0.4) is 0 Å². The maximum Gasteiger partial charge on any atom is 0.340 e. The minimum absolute atomic E-state index is 0.319. The van der Waals surface area contributed by atoms with Gasteiger partial charge in [0.25, 0.3) is 0 Å². The zero-order valence-corrected chi connectivity index (χ0v) is 12.3. The van der Waals surface area contributed by atoms with Gasteiger partial charge in [0.05, 0.1) is 17.9 Å². The second-order valence-electron chi connectivity index (χ2n) is 4.75. The number of ether oxygens (including phenoxy) is 1. The molecule has 1 aromatic carbocycles. The third-order valence-corrected chi connectivity index (χ3v) is 3.26. The fraction of sp³-hybridized carbons (Fsp3) is 0.533. The summed E-state index contributed by atoms with van der Waals surface area (Å²) in [7, 11) is 1.99. The van der Waals surface area contributed by atoms with Gasteiger partial charge in [0.2, 0.25) is 0 Å². The van der Waals surface area contributed by atoms with Crippen molar-refractivity contribution in [3.8, 4) is 0 Å². The topological polar surface area (TPSA) is 55.6 Å². The van der Waals surface area contributed by atoms with E-state index in [9.17, 15) is 4.79 Å². The predicted molar refractivity (Wildman–Crippen MR) is 79.6 cm³/mol. The van der Waals surface area contributed by atoms with Gasteiger partial charge in [0.1, 0.15) is 0 Å². The fourth-order valence-electron chi connectivity index (χ4n) is 2.08. The average Bonchev–Trinajstić information content (AvgIpc) is 2.38. The van der Waals surface area contributed by atoms with Crippen molar-refractivity contribution in [1.82, 2.24) is 0 Å². The molecule has 2 N–H and O–H groups in total. The molecule has 0 saturated heterocycles. The standard InChI is InChI=1S/C15H24N2O2/c1-5-7-11(3)17(4)14-9-8-12(16)10-13(14)15(18)19-6-2/h8-11H,5-7,16H2,1-4H3. The van der Waals surface area contributed by atoms with E-state index >= 15 is 0 Å². The van der Waals surface area contributed by atoms with Crippen molar-refractivity contribution in [3.05, 3.63) is 23.8 Å². The van der Waals surface area contributed by atoms with Crippen LogP contribution in [0.2, 0.25) is 0 Å². The lowest BCUT2D eigenvalue weighted by Gasteiger charge is -2.28. The quantitative estimate of drug-likeness (QED) is 0.633. The zero-order valence-electron chi connectivity index (χ0n) is 12.3. The molecule has 1 rings (SSSR count). The molecule has 106 valence electrons. The molecule has 0 bridgehead atoms. The number of anilines is 2. The number of esters is 1. The Balaban J connectivity index is 3.08. The molecule has 0 amide bonds. The second kappa shape index (κ2) is 7.02. The average molecular weight is 264 g/mol. The van der Waals surface area contributed by atoms with Crippen LogP contribution in [0.15, 0.2) is 18.2 Å². The minimum Gasteiger partial charge on any atom is -0.462 e. The van der Waals surface area contributed by atoms with Gasteiger partial charge in [-0.25, -0.2) is 4.79 Å². The summed E-state index contributed by atoms with van der Waals surface area (Å²) in [5.74, 6) is -0.319. The molecular weight excluding hydrogens is 240 g/mol. The van der Waals surface area contributed by atoms with E-state index in [1.54, 1.807) is 13.0 Å². The van der Waals surface area contributed by atoms with Gasteiger partial charge in [-0.05, 0) is 38.5 Å². The number of hydrogen-bond donors (Lipinski definition) is 1. The lowest BCUT2D eigenvalue weighted by Crippen LogP contribution is -2.30. The molecule has 0 spiro atoms. The van der Waals surface area contributed by atoms with E-state index in [0.717, 1.165) is 18.5 Å². The minimum atomic E-state index is -0.319. The Hall–Kier alpha value is -1.71. The van der Waals surface area contributed by atoms with Gasteiger partial charge in [-0.2, -0.15) is 0 Å². The summed E-state index contributed by atoms with van der Waals surface area (Å²) in [6.07, 6.45) is 2.18. The molecule has 4 nitrogen and oxygen atoms in total. The molecule has 4 heteroatoms. The van der Waals surface area contributed by atoms with Crippen LogP contribution in [0.25, 0.3) is 0 Å². The van der Waals surface area contributed by atoms with Gasteiger partial charge in [0, 0.05) is 18.8 Å². The maximum atomic E-state index is 12.0. The van der Waals surface area contributed by atoms with E-state index < -0.39 is 0 Å². The fourth-order valence-corrected chi connectivity index (χ4v) is 2.08. The first kappa shape index (κ1) is 15.3. The van der Waals surface area contributed by atoms with Crippen molar-refractivity contribution < 1.29 is 9.53 Å². The number of nitrogens with two attached hydrogens (primary N) is 1. The van der Waals surface area contributed by atoms with Gasteiger partial charge in [-0.1, -0.05) is 13.3 Å². The summed E-state index contributed by atoms with van der Waals surface area (Å²) in [5, 5.41) is 0. The third kappa shape index (κ3) is 3.88. The molecule has 0 aliphatic carbocycles. The highest BCUT2D eigenvalue weighted by Crippen LogP contribution is 2.25. The lowest BCUT2D eigenvalue weighted by atomic mass is 10.1. The molecule has 19 heavy (non-hydrogen) atoms. The number of benzene rings is 1. The van der Waals surface area contributed by atoms with E-state index in [4.69, 9.17) is 10.5 Å². The molecule has 0 aliphatic heterocycles. The zero-order chi connectivity index (χ0) is 14.4. The van der Waals surface area contributed by atoms with Crippen LogP contribution >= 0.6 is 0 Å². The Kier molecular flexibility index (Phi) is 5.67. The molecule has 0 fully saturated rings. The van der Waals surface area contributed by atoms with E-state index in [-0.39, 0.29) is 5.97 Å². The molecule has 0 heterocycles. The van der Waals surface area contributed by atoms with Gasteiger partial charge < -0.3 is 15.4 Å². The molecule has 1 aromatic rings. The summed E-state index contributed by atoms with van der Waals surface area (Å²) in [4.78, 5) is 14.1. The Labute approximate surface area is 115 Å². The Morgan fingerprint density at radius 3 is 2.68 bits per heavy atom. The van der Waals surface area contributed by atoms with Crippen LogP contribution in [-0.2, 0) is 4.74 Å². The Morgan fingerprint density at radius 1 is 1.42 bits per heavy atom. The Bertz CT molecular complexity index is 432. The second-order valence-corrected chi connectivity index (χ2v) is 4.75. The van der Waals surface area contributed by atoms with Crippen LogP contribution in [0, 0.1) is 0 Å². The first-order valence-electron chi connectivity index (χ1n) is 6.80. The monoisotopic (exact) mass is 264 g/mol. The van der Waals surface area contributed by atoms with Gasteiger partial charge in [-0.15, -0.1) is 0 Å². The van der Waals surface area contributed by atoms with E-state index in [1.807, 2.05) is 19.2 Å². The smallest absolute Gasteiger partial charge is 0.340 e. The van der Waals surface area contributed by atoms with Crippen LogP contribution in [0.1, 0.15) is 44.0 Å². The maximum absolute atomic E-state index is 12.0. The van der Waals surface area contributed by atoms with Crippen molar-refractivity contribution >= 4 is 17.3 Å². The number of hydrogen-bond acceptors (Lipinski definition) is 4. The lowest BCUT2D eigenvalue weighted by molar-refractivity contribution is 0.0527.